The Hall–Kier alpha value is -2.61. The van der Waals surface area contributed by atoms with Crippen LogP contribution in [0.4, 0.5) is 14.5 Å². The number of aromatic nitrogens is 1. The van der Waals surface area contributed by atoms with E-state index in [1.165, 1.54) is 16.8 Å². The van der Waals surface area contributed by atoms with Gasteiger partial charge >= 0.3 is 0 Å². The molecule has 0 aliphatic heterocycles. The zero-order chi connectivity index (χ0) is 14.5. The lowest BCUT2D eigenvalue weighted by Crippen LogP contribution is -2.18. The zero-order valence-corrected chi connectivity index (χ0v) is 10.5. The van der Waals surface area contributed by atoms with Gasteiger partial charge in [-0.15, -0.1) is 6.42 Å². The van der Waals surface area contributed by atoms with Gasteiger partial charge in [0.25, 0.3) is 12.3 Å². The van der Waals surface area contributed by atoms with Crippen molar-refractivity contribution >= 4 is 11.6 Å². The van der Waals surface area contributed by atoms with Crippen LogP contribution in [0.5, 0.6) is 0 Å². The van der Waals surface area contributed by atoms with Crippen LogP contribution in [0, 0.1) is 12.3 Å². The van der Waals surface area contributed by atoms with Gasteiger partial charge < -0.3 is 9.88 Å². The molecule has 1 N–H and O–H groups in total. The van der Waals surface area contributed by atoms with Gasteiger partial charge in [0.15, 0.2) is 0 Å². The van der Waals surface area contributed by atoms with Crippen LogP contribution in [0.25, 0.3) is 0 Å². The number of carbonyl (C=O) groups excluding carboxylic acids is 1. The largest absolute Gasteiger partial charge is 0.338 e. The number of terminal acetylenes is 1. The van der Waals surface area contributed by atoms with Gasteiger partial charge in [-0.3, -0.25) is 4.79 Å². The van der Waals surface area contributed by atoms with Crippen molar-refractivity contribution in [3.05, 3.63) is 53.9 Å². The van der Waals surface area contributed by atoms with Crippen molar-refractivity contribution in [2.75, 3.05) is 5.32 Å². The molecule has 3 nitrogen and oxygen atoms in total. The number of amides is 1. The van der Waals surface area contributed by atoms with Crippen molar-refractivity contribution < 1.29 is 13.6 Å². The molecule has 0 spiro atoms. The molecule has 0 saturated carbocycles. The Balaban J connectivity index is 2.16. The van der Waals surface area contributed by atoms with E-state index in [4.69, 9.17) is 6.42 Å². The zero-order valence-electron chi connectivity index (χ0n) is 10.5. The number of nitrogens with one attached hydrogen (secondary N) is 1. The topological polar surface area (TPSA) is 34.0 Å². The maximum absolute atomic E-state index is 12.4. The maximum Gasteiger partial charge on any atom is 0.272 e. The predicted octanol–water partition coefficient (Wildman–Crippen LogP) is 2.99. The molecule has 0 saturated heterocycles. The fourth-order valence-corrected chi connectivity index (χ4v) is 1.81. The van der Waals surface area contributed by atoms with Gasteiger partial charge in [-0.2, -0.15) is 0 Å². The number of rotatable bonds is 4. The average molecular weight is 274 g/mol. The highest BCUT2D eigenvalue weighted by Crippen LogP contribution is 2.13. The number of benzene rings is 1. The van der Waals surface area contributed by atoms with E-state index in [-0.39, 0.29) is 5.69 Å². The summed E-state index contributed by atoms with van der Waals surface area (Å²) in [6.07, 6.45) is 4.20. The number of nitrogens with zero attached hydrogens (tertiary/aromatic N) is 1. The summed E-state index contributed by atoms with van der Waals surface area (Å²) < 4.78 is 26.0. The molecule has 2 rings (SSSR count). The first-order chi connectivity index (χ1) is 9.60. The van der Waals surface area contributed by atoms with E-state index in [0.717, 1.165) is 0 Å². The number of hydrogen-bond donors (Lipinski definition) is 1. The molecule has 0 bridgehead atoms. The van der Waals surface area contributed by atoms with Gasteiger partial charge in [0.05, 0.1) is 6.54 Å². The van der Waals surface area contributed by atoms with Crippen molar-refractivity contribution in [2.45, 2.75) is 13.0 Å². The molecule has 0 aliphatic rings. The smallest absolute Gasteiger partial charge is 0.272 e. The molecule has 0 radical (unpaired) electrons. The highest BCUT2D eigenvalue weighted by atomic mass is 19.3. The van der Waals surface area contributed by atoms with Crippen molar-refractivity contribution in [3.63, 3.8) is 0 Å². The number of hydrogen-bond acceptors (Lipinski definition) is 1. The Morgan fingerprint density at radius 1 is 1.35 bits per heavy atom. The van der Waals surface area contributed by atoms with E-state index in [9.17, 15) is 13.6 Å². The molecule has 5 heteroatoms. The van der Waals surface area contributed by atoms with Gasteiger partial charge in [-0.25, -0.2) is 8.78 Å². The molecular weight excluding hydrogens is 262 g/mol. The van der Waals surface area contributed by atoms with E-state index in [2.05, 4.69) is 11.2 Å². The average Bonchev–Trinajstić information content (AvgIpc) is 2.86. The molecule has 1 heterocycles. The van der Waals surface area contributed by atoms with Crippen molar-refractivity contribution in [3.8, 4) is 12.3 Å². The number of alkyl halides is 2. The summed E-state index contributed by atoms with van der Waals surface area (Å²) in [6, 6.07) is 9.80. The van der Waals surface area contributed by atoms with Crippen molar-refractivity contribution in [2.24, 2.45) is 0 Å². The molecule has 102 valence electrons. The third-order valence-corrected chi connectivity index (χ3v) is 2.68. The number of halogens is 2. The summed E-state index contributed by atoms with van der Waals surface area (Å²) in [7, 11) is 0. The van der Waals surface area contributed by atoms with E-state index in [1.807, 2.05) is 0 Å². The van der Waals surface area contributed by atoms with E-state index in [1.54, 1.807) is 30.3 Å². The minimum absolute atomic E-state index is 0.177. The Bertz CT molecular complexity index is 656. The van der Waals surface area contributed by atoms with Gasteiger partial charge in [0, 0.05) is 17.4 Å². The van der Waals surface area contributed by atoms with E-state index in [0.29, 0.717) is 11.3 Å². The fraction of sp³-hybridized carbons (Fsp3) is 0.133. The standard InChI is InChI=1S/C15H12F2N2O/c1-2-11-5-3-6-12(9-11)18-15(20)13-7-4-8-19(13)10-14(16)17/h1,3-9,14H,10H2,(H,18,20). The molecule has 2 aromatic rings. The Morgan fingerprint density at radius 2 is 2.15 bits per heavy atom. The first kappa shape index (κ1) is 13.8. The van der Waals surface area contributed by atoms with E-state index < -0.39 is 18.9 Å². The van der Waals surface area contributed by atoms with Crippen LogP contribution in [-0.4, -0.2) is 16.9 Å². The predicted molar refractivity (Wildman–Crippen MR) is 72.8 cm³/mol. The second-order valence-corrected chi connectivity index (χ2v) is 4.12. The van der Waals surface area contributed by atoms with Crippen LogP contribution in [-0.2, 0) is 6.54 Å². The molecular formula is C15H12F2N2O. The normalized spacial score (nSPS) is 10.3. The third-order valence-electron chi connectivity index (χ3n) is 2.68. The number of anilines is 1. The molecule has 0 aliphatic carbocycles. The molecule has 0 atom stereocenters. The van der Waals surface area contributed by atoms with E-state index >= 15 is 0 Å². The van der Waals surface area contributed by atoms with Crippen LogP contribution in [0.2, 0.25) is 0 Å². The van der Waals surface area contributed by atoms with Crippen LogP contribution in [0.15, 0.2) is 42.6 Å². The lowest BCUT2D eigenvalue weighted by molar-refractivity contribution is 0.0998. The summed E-state index contributed by atoms with van der Waals surface area (Å²) in [5.74, 6) is 2.00. The monoisotopic (exact) mass is 274 g/mol. The highest BCUT2D eigenvalue weighted by Gasteiger charge is 2.14. The first-order valence-corrected chi connectivity index (χ1v) is 5.91. The first-order valence-electron chi connectivity index (χ1n) is 5.91. The van der Waals surface area contributed by atoms with Crippen molar-refractivity contribution in [1.82, 2.24) is 4.57 Å². The van der Waals surface area contributed by atoms with Crippen LogP contribution >= 0.6 is 0 Å². The lowest BCUT2D eigenvalue weighted by atomic mass is 10.2. The van der Waals surface area contributed by atoms with Crippen LogP contribution < -0.4 is 5.32 Å². The summed E-state index contributed by atoms with van der Waals surface area (Å²) in [6.45, 7) is -0.514. The quantitative estimate of drug-likeness (QED) is 0.854. The van der Waals surface area contributed by atoms with Crippen molar-refractivity contribution in [1.29, 1.82) is 0 Å². The molecule has 0 unspecified atom stereocenters. The molecule has 1 amide bonds. The van der Waals surface area contributed by atoms with Gasteiger partial charge in [0.1, 0.15) is 5.69 Å². The minimum Gasteiger partial charge on any atom is -0.338 e. The van der Waals surface area contributed by atoms with Gasteiger partial charge in [-0.1, -0.05) is 12.0 Å². The summed E-state index contributed by atoms with van der Waals surface area (Å²) in [5.41, 5.74) is 1.33. The van der Waals surface area contributed by atoms with Crippen LogP contribution in [0.1, 0.15) is 16.1 Å². The summed E-state index contributed by atoms with van der Waals surface area (Å²) >= 11 is 0. The minimum atomic E-state index is -2.52. The molecule has 1 aromatic carbocycles. The van der Waals surface area contributed by atoms with Crippen LogP contribution in [0.3, 0.4) is 0 Å². The third kappa shape index (κ3) is 3.23. The molecule has 20 heavy (non-hydrogen) atoms. The fourth-order valence-electron chi connectivity index (χ4n) is 1.81. The Labute approximate surface area is 115 Å². The lowest BCUT2D eigenvalue weighted by Gasteiger charge is -2.09. The Morgan fingerprint density at radius 3 is 2.85 bits per heavy atom. The molecule has 1 aromatic heterocycles. The van der Waals surface area contributed by atoms with Gasteiger partial charge in [-0.05, 0) is 30.3 Å². The second-order valence-electron chi connectivity index (χ2n) is 4.12. The second kappa shape index (κ2) is 6.02. The van der Waals surface area contributed by atoms with Gasteiger partial charge in [0.2, 0.25) is 0 Å². The summed E-state index contributed by atoms with van der Waals surface area (Å²) in [5, 5.41) is 2.63. The highest BCUT2D eigenvalue weighted by molar-refractivity contribution is 6.03. The Kier molecular flexibility index (Phi) is 4.16. The SMILES string of the molecule is C#Cc1cccc(NC(=O)c2cccn2CC(F)F)c1. The molecule has 0 fully saturated rings. The number of carbonyl (C=O) groups is 1. The maximum atomic E-state index is 12.4. The summed E-state index contributed by atoms with van der Waals surface area (Å²) in [4.78, 5) is 12.0.